The second-order valence-electron chi connectivity index (χ2n) is 9.74. The SMILES string of the molecule is C/C(N)=N/N(N)Cc1cc(C(F)(F)F)ccc1CCC(=O)N1CC2=C(C1)CN(C(=O)c1ncc(S(N)=O)cc1F)C2. The molecule has 0 saturated heterocycles. The van der Waals surface area contributed by atoms with E-state index in [4.69, 9.17) is 16.7 Å². The fourth-order valence-corrected chi connectivity index (χ4v) is 5.12. The summed E-state index contributed by atoms with van der Waals surface area (Å²) in [5, 5.41) is 9.98. The lowest BCUT2D eigenvalue weighted by molar-refractivity contribution is -0.137. The largest absolute Gasteiger partial charge is 0.416 e. The van der Waals surface area contributed by atoms with Crippen LogP contribution in [0, 0.1) is 5.82 Å². The van der Waals surface area contributed by atoms with Crippen LogP contribution in [0.25, 0.3) is 0 Å². The Bertz CT molecular complexity index is 1440. The van der Waals surface area contributed by atoms with E-state index in [2.05, 4.69) is 10.1 Å². The van der Waals surface area contributed by atoms with E-state index in [1.165, 1.54) is 17.9 Å². The maximum absolute atomic E-state index is 14.4. The molecule has 6 N–H and O–H groups in total. The monoisotopic (exact) mass is 596 g/mol. The van der Waals surface area contributed by atoms with Gasteiger partial charge in [0.25, 0.3) is 5.91 Å². The van der Waals surface area contributed by atoms with Gasteiger partial charge in [0.15, 0.2) is 11.5 Å². The van der Waals surface area contributed by atoms with Gasteiger partial charge in [0, 0.05) is 38.8 Å². The predicted molar refractivity (Wildman–Crippen MR) is 141 cm³/mol. The van der Waals surface area contributed by atoms with E-state index in [1.54, 1.807) is 4.90 Å². The van der Waals surface area contributed by atoms with E-state index in [0.29, 0.717) is 5.56 Å². The minimum absolute atomic E-state index is 0.0370. The van der Waals surface area contributed by atoms with E-state index in [1.807, 2.05) is 0 Å². The van der Waals surface area contributed by atoms with Gasteiger partial charge in [-0.25, -0.2) is 29.7 Å². The van der Waals surface area contributed by atoms with Crippen molar-refractivity contribution in [2.45, 2.75) is 37.4 Å². The van der Waals surface area contributed by atoms with Crippen molar-refractivity contribution < 1.29 is 31.4 Å². The quantitative estimate of drug-likeness (QED) is 0.104. The normalized spacial score (nSPS) is 16.3. The molecule has 2 aromatic rings. The summed E-state index contributed by atoms with van der Waals surface area (Å²) in [6, 6.07) is 4.18. The molecule has 0 saturated carbocycles. The van der Waals surface area contributed by atoms with Crippen molar-refractivity contribution in [1.29, 1.82) is 0 Å². The Hall–Kier alpha value is -3.89. The molecule has 3 heterocycles. The highest BCUT2D eigenvalue weighted by molar-refractivity contribution is 7.82. The molecule has 0 bridgehead atoms. The molecule has 0 spiro atoms. The zero-order valence-electron chi connectivity index (χ0n) is 21.9. The molecule has 1 unspecified atom stereocenters. The van der Waals surface area contributed by atoms with Gasteiger partial charge in [-0.05, 0) is 53.8 Å². The highest BCUT2D eigenvalue weighted by Gasteiger charge is 2.35. The number of nitrogens with two attached hydrogens (primary N) is 3. The van der Waals surface area contributed by atoms with Crippen LogP contribution in [0.4, 0.5) is 17.6 Å². The van der Waals surface area contributed by atoms with Crippen molar-refractivity contribution in [1.82, 2.24) is 19.9 Å². The lowest BCUT2D eigenvalue weighted by Crippen LogP contribution is -2.37. The lowest BCUT2D eigenvalue weighted by atomic mass is 9.99. The van der Waals surface area contributed by atoms with Gasteiger partial charge in [-0.15, -0.1) is 5.10 Å². The van der Waals surface area contributed by atoms with E-state index in [9.17, 15) is 31.4 Å². The van der Waals surface area contributed by atoms with E-state index in [-0.39, 0.29) is 67.8 Å². The maximum Gasteiger partial charge on any atom is 0.416 e. The fourth-order valence-electron chi connectivity index (χ4n) is 4.74. The molecule has 1 aromatic heterocycles. The summed E-state index contributed by atoms with van der Waals surface area (Å²) in [4.78, 5) is 32.6. The standard InChI is InChI=1S/C25H28F4N8O3S/c1-14(30)34-37(31)13-16-6-19(25(27,28)29)4-2-15(16)3-5-22(38)35-9-17-11-36(12-18(17)10-35)24(39)23-21(26)7-20(8-33-23)41(32)40/h2,4,6-8H,3,5,9-13,31-32H2,1H3,(H2,30,34). The predicted octanol–water partition coefficient (Wildman–Crippen LogP) is 1.42. The minimum Gasteiger partial charge on any atom is -0.386 e. The Morgan fingerprint density at radius 3 is 2.29 bits per heavy atom. The second kappa shape index (κ2) is 11.9. The third kappa shape index (κ3) is 7.07. The highest BCUT2D eigenvalue weighted by Crippen LogP contribution is 2.32. The molecule has 41 heavy (non-hydrogen) atoms. The Balaban J connectivity index is 1.36. The summed E-state index contributed by atoms with van der Waals surface area (Å²) < 4.78 is 65.6. The number of benzene rings is 1. The first-order valence-corrected chi connectivity index (χ1v) is 13.5. The maximum atomic E-state index is 14.4. The summed E-state index contributed by atoms with van der Waals surface area (Å²) in [5.74, 6) is 4.13. The molecule has 0 aliphatic carbocycles. The number of alkyl halides is 3. The number of hydrogen-bond donors (Lipinski definition) is 3. The van der Waals surface area contributed by atoms with Crippen molar-refractivity contribution in [3.63, 3.8) is 0 Å². The van der Waals surface area contributed by atoms with Gasteiger partial charge in [0.05, 0.1) is 17.0 Å². The number of nitrogens with zero attached hydrogens (tertiary/aromatic N) is 5. The number of pyridine rings is 1. The number of carbonyl (C=O) groups excluding carboxylic acids is 2. The van der Waals surface area contributed by atoms with Crippen LogP contribution >= 0.6 is 0 Å². The number of amidine groups is 1. The molecule has 0 fully saturated rings. The summed E-state index contributed by atoms with van der Waals surface area (Å²) >= 11 is 0. The average molecular weight is 597 g/mol. The van der Waals surface area contributed by atoms with Gasteiger partial charge in [0.2, 0.25) is 5.91 Å². The number of carbonyl (C=O) groups is 2. The Morgan fingerprint density at radius 1 is 1.10 bits per heavy atom. The fraction of sp³-hybridized carbons (Fsp3) is 0.360. The minimum atomic E-state index is -4.55. The van der Waals surface area contributed by atoms with Gasteiger partial charge >= 0.3 is 6.18 Å². The molecule has 1 atom stereocenters. The van der Waals surface area contributed by atoms with Gasteiger partial charge in [-0.2, -0.15) is 13.2 Å². The number of hydrazone groups is 1. The number of amides is 2. The summed E-state index contributed by atoms with van der Waals surface area (Å²) in [7, 11) is -1.94. The molecule has 2 amide bonds. The van der Waals surface area contributed by atoms with Gasteiger partial charge in [0.1, 0.15) is 16.8 Å². The number of halogens is 4. The molecule has 16 heteroatoms. The molecule has 11 nitrogen and oxygen atoms in total. The smallest absolute Gasteiger partial charge is 0.386 e. The molecule has 2 aliphatic heterocycles. The average Bonchev–Trinajstić information content (AvgIpc) is 3.46. The van der Waals surface area contributed by atoms with Crippen LogP contribution in [0.5, 0.6) is 0 Å². The number of aromatic nitrogens is 1. The molecule has 220 valence electrons. The first-order chi connectivity index (χ1) is 19.2. The van der Waals surface area contributed by atoms with Crippen molar-refractivity contribution >= 4 is 28.6 Å². The van der Waals surface area contributed by atoms with Crippen molar-refractivity contribution in [2.24, 2.45) is 21.8 Å². The van der Waals surface area contributed by atoms with Crippen LogP contribution in [0.2, 0.25) is 0 Å². The topological polar surface area (TPSA) is 164 Å². The second-order valence-corrected chi connectivity index (χ2v) is 10.8. The van der Waals surface area contributed by atoms with Gasteiger partial charge in [-0.1, -0.05) is 6.07 Å². The number of hydrogen-bond acceptors (Lipinski definition) is 7. The van der Waals surface area contributed by atoms with E-state index in [0.717, 1.165) is 40.7 Å². The number of rotatable bonds is 8. The van der Waals surface area contributed by atoms with E-state index < -0.39 is 40.1 Å². The molecule has 2 aliphatic rings. The molecular formula is C25H28F4N8O3S. The van der Waals surface area contributed by atoms with Gasteiger partial charge < -0.3 is 15.5 Å². The summed E-state index contributed by atoms with van der Waals surface area (Å²) in [6.07, 6.45) is -3.26. The number of hydrazine groups is 1. The third-order valence-electron chi connectivity index (χ3n) is 6.68. The van der Waals surface area contributed by atoms with Crippen molar-refractivity contribution in [3.05, 3.63) is 69.8 Å². The summed E-state index contributed by atoms with van der Waals surface area (Å²) in [6.45, 7) is 2.29. The van der Waals surface area contributed by atoms with Crippen LogP contribution in [-0.4, -0.2) is 67.9 Å². The van der Waals surface area contributed by atoms with Crippen molar-refractivity contribution in [2.75, 3.05) is 26.2 Å². The zero-order valence-corrected chi connectivity index (χ0v) is 22.8. The number of aryl methyl sites for hydroxylation is 1. The van der Waals surface area contributed by atoms with Crippen molar-refractivity contribution in [3.8, 4) is 0 Å². The first-order valence-electron chi connectivity index (χ1n) is 12.3. The van der Waals surface area contributed by atoms with Gasteiger partial charge in [-0.3, -0.25) is 9.59 Å². The third-order valence-corrected chi connectivity index (χ3v) is 7.37. The highest BCUT2D eigenvalue weighted by atomic mass is 32.2. The molecular weight excluding hydrogens is 568 g/mol. The van der Waals surface area contributed by atoms with Crippen LogP contribution in [0.1, 0.15) is 40.5 Å². The zero-order chi connectivity index (χ0) is 30.1. The van der Waals surface area contributed by atoms with E-state index >= 15 is 0 Å². The summed E-state index contributed by atoms with van der Waals surface area (Å²) in [5.41, 5.74) is 6.75. The lowest BCUT2D eigenvalue weighted by Gasteiger charge is -2.23. The van der Waals surface area contributed by atoms with Crippen LogP contribution in [0.3, 0.4) is 0 Å². The molecule has 1 aromatic carbocycles. The molecule has 0 radical (unpaired) electrons. The Labute approximate surface area is 235 Å². The van der Waals surface area contributed by atoms with Crippen LogP contribution in [-0.2, 0) is 34.9 Å². The first kappa shape index (κ1) is 30.1. The van der Waals surface area contributed by atoms with Crippen LogP contribution < -0.4 is 16.7 Å². The van der Waals surface area contributed by atoms with Crippen LogP contribution in [0.15, 0.2) is 51.6 Å². The Kier molecular flexibility index (Phi) is 8.74. The molecule has 4 rings (SSSR count). The Morgan fingerprint density at radius 2 is 1.73 bits per heavy atom.